The Bertz CT molecular complexity index is 5050. The Kier molecular flexibility index (Phi) is 53.9. The summed E-state index contributed by atoms with van der Waals surface area (Å²) in [4.78, 5) is 101. The molecule has 0 saturated carbocycles. The predicted molar refractivity (Wildman–Crippen MR) is 521 cm³/mol. The molecule has 123 heavy (non-hydrogen) atoms. The number of benzene rings is 9. The molecule has 1 unspecified atom stereocenters. The molecule has 1 heterocycles. The number of carbonyl (C=O) groups is 8. The topological polar surface area (TPSA) is 205 Å². The number of rotatable bonds is 31. The van der Waals surface area contributed by atoms with Gasteiger partial charge in [0.25, 0.3) is 0 Å². The molecular formula is C99H107NO14S9. The van der Waals surface area contributed by atoms with Crippen molar-refractivity contribution >= 4 is 162 Å². The first kappa shape index (κ1) is 107. The van der Waals surface area contributed by atoms with Crippen LogP contribution in [-0.4, -0.2) is 101 Å². The van der Waals surface area contributed by atoms with Crippen LogP contribution in [0.5, 0.6) is 11.5 Å². The van der Waals surface area contributed by atoms with E-state index < -0.39 is 0 Å². The molecule has 10 aromatic rings. The molecule has 0 spiro atoms. The van der Waals surface area contributed by atoms with Gasteiger partial charge in [-0.05, 0) is 229 Å². The minimum Gasteiger partial charge on any atom is -0.461 e. The second-order valence-electron chi connectivity index (χ2n) is 26.2. The molecule has 0 aliphatic rings. The van der Waals surface area contributed by atoms with Crippen LogP contribution in [0.2, 0.25) is 0 Å². The van der Waals surface area contributed by atoms with Gasteiger partial charge in [-0.2, -0.15) is 0 Å². The van der Waals surface area contributed by atoms with E-state index in [9.17, 15) is 38.4 Å². The van der Waals surface area contributed by atoms with Crippen molar-refractivity contribution in [3.8, 4) is 11.5 Å². The summed E-state index contributed by atoms with van der Waals surface area (Å²) in [6.45, 7) is 45.1. The van der Waals surface area contributed by atoms with Crippen LogP contribution in [0, 0.1) is 6.92 Å². The number of esters is 6. The van der Waals surface area contributed by atoms with Crippen molar-refractivity contribution in [2.45, 2.75) is 114 Å². The monoisotopic (exact) mass is 1820 g/mol. The van der Waals surface area contributed by atoms with Gasteiger partial charge < -0.3 is 28.4 Å². The fraction of sp³-hybridized carbons (Fsp3) is 0.202. The molecule has 1 atom stereocenters. The molecule has 0 aliphatic carbocycles. The lowest BCUT2D eigenvalue weighted by molar-refractivity contribution is -0.140. The summed E-state index contributed by atoms with van der Waals surface area (Å²) in [5, 5.41) is 0.168. The number of thiazole rings is 1. The number of nitrogens with zero attached hydrogens (tertiary/aromatic N) is 1. The van der Waals surface area contributed by atoms with Crippen molar-refractivity contribution in [2.75, 3.05) is 50.1 Å². The SMILES string of the molecule is C=C(C)C(=O)OCC(Sc1ccccc1)c1ccccc1.C=C(C)C(=O)OCCSc1ccccc1.C=C(C)C(=O)OCCSc1nc2ccccc2s1.C=C(C)C(=O)OCc1ccc(SC)cc1.C=C(C)C(=O)Oc1ccc(SC)c(C)c1.C=C(C)C(=O)Oc1ccc(SC)cc1.C=C(C)C(=O)SCc1ccccc1.C=C(C)C(=O)Sc1ccccc1. The third-order valence-corrected chi connectivity index (χ3v) is 23.9. The first-order valence-electron chi connectivity index (χ1n) is 37.9. The number of hydrogen-bond donors (Lipinski definition) is 0. The van der Waals surface area contributed by atoms with Gasteiger partial charge in [0, 0.05) is 80.1 Å². The van der Waals surface area contributed by atoms with Crippen LogP contribution < -0.4 is 9.47 Å². The summed E-state index contributed by atoms with van der Waals surface area (Å²) in [5.74, 6) is 1.22. The summed E-state index contributed by atoms with van der Waals surface area (Å²) in [5.41, 5.74) is 9.15. The molecule has 0 bridgehead atoms. The van der Waals surface area contributed by atoms with Crippen molar-refractivity contribution in [1.82, 2.24) is 4.98 Å². The maximum atomic E-state index is 11.6. The van der Waals surface area contributed by atoms with Crippen LogP contribution in [0.15, 0.2) is 374 Å². The zero-order valence-electron chi connectivity index (χ0n) is 71.6. The van der Waals surface area contributed by atoms with E-state index in [1.54, 1.807) is 155 Å². The Hall–Kier alpha value is -10.3. The second kappa shape index (κ2) is 61.9. The molecule has 0 radical (unpaired) electrons. The predicted octanol–water partition coefficient (Wildman–Crippen LogP) is 26.1. The number of aromatic nitrogens is 1. The van der Waals surface area contributed by atoms with E-state index in [4.69, 9.17) is 28.4 Å². The van der Waals surface area contributed by atoms with Crippen LogP contribution in [-0.2, 0) is 69.7 Å². The molecule has 0 fully saturated rings. The average molecular weight is 1820 g/mol. The lowest BCUT2D eigenvalue weighted by Crippen LogP contribution is -2.11. The van der Waals surface area contributed by atoms with Crippen LogP contribution in [0.4, 0.5) is 0 Å². The fourth-order valence-corrected chi connectivity index (χ4v) is 15.1. The van der Waals surface area contributed by atoms with E-state index in [1.165, 1.54) is 48.5 Å². The van der Waals surface area contributed by atoms with Crippen molar-refractivity contribution in [3.05, 3.63) is 362 Å². The summed E-state index contributed by atoms with van der Waals surface area (Å²) in [6, 6.07) is 78.6. The highest BCUT2D eigenvalue weighted by atomic mass is 32.2. The molecular weight excluding hydrogens is 1720 g/mol. The molecule has 24 heteroatoms. The summed E-state index contributed by atoms with van der Waals surface area (Å²) < 4.78 is 32.7. The molecule has 1 aromatic heterocycles. The second-order valence-corrected chi connectivity index (χ2v) is 35.6. The van der Waals surface area contributed by atoms with Crippen LogP contribution in [0.1, 0.15) is 82.9 Å². The first-order valence-corrected chi connectivity index (χ1v) is 47.1. The molecule has 0 amide bonds. The number of hydrogen-bond acceptors (Lipinski definition) is 24. The summed E-state index contributed by atoms with van der Waals surface area (Å²) in [6.07, 6.45) is 6.03. The molecule has 0 N–H and O–H groups in total. The zero-order chi connectivity index (χ0) is 91.0. The van der Waals surface area contributed by atoms with Crippen molar-refractivity contribution in [1.29, 1.82) is 0 Å². The van der Waals surface area contributed by atoms with E-state index >= 15 is 0 Å². The standard InChI is InChI=1S/C18H18O2S.C13H13NO2S2.3C12H14O2S.C11H12O2S.C11H12OS.C10H10OS/c1-14(2)18(19)20-13-17(15-9-5-3-6-10-15)21-16-11-7-4-8-12-16;1-9(2)12(15)16-7-8-17-13-14-10-5-3-4-6-11(10)18-13;1-8(2)12(13)14-10-5-6-11(15-4)9(3)7-10;1-9(2)12(13)14-8-10-4-6-11(15-3)7-5-10;1-10(2)12(13)14-8-9-15-11-6-4-3-5-7-11;1-8(2)11(12)13-9-4-6-10(14-3)7-5-9;1-9(2)11(12)13-8-10-6-4-3-5-7-10;1-8(2)10(11)12-9-6-4-3-5-7-9/h3-12,17H,1,13H2,2H3;3-6H,1,7-8H2,2H3;5-7H,1H2,2-4H3;4-7H,1,8H2,2-3H3;3-7H,1,8-9H2,2H3;4-7H,1H2,2-3H3;3-7H,1,8H2,2H3;3-7H,1H2,2H3. The van der Waals surface area contributed by atoms with Crippen molar-refractivity contribution in [2.24, 2.45) is 0 Å². The van der Waals surface area contributed by atoms with Gasteiger partial charge in [0.15, 0.2) is 4.34 Å². The minimum absolute atomic E-state index is 0.0289. The highest BCUT2D eigenvalue weighted by Crippen LogP contribution is 2.36. The van der Waals surface area contributed by atoms with Crippen LogP contribution in [0.3, 0.4) is 0 Å². The molecule has 10 rings (SSSR count). The number of ether oxygens (including phenoxy) is 6. The first-order chi connectivity index (χ1) is 58.7. The van der Waals surface area contributed by atoms with Gasteiger partial charge in [-0.15, -0.1) is 70.1 Å². The number of aryl methyl sites for hydroxylation is 1. The quantitative estimate of drug-likeness (QED) is 0.00989. The third-order valence-electron chi connectivity index (χ3n) is 15.0. The van der Waals surface area contributed by atoms with Gasteiger partial charge in [0.1, 0.15) is 37.9 Å². The largest absolute Gasteiger partial charge is 0.461 e. The van der Waals surface area contributed by atoms with Gasteiger partial charge in [-0.1, -0.05) is 216 Å². The van der Waals surface area contributed by atoms with Crippen LogP contribution in [0.25, 0.3) is 10.2 Å². The Labute approximate surface area is 764 Å². The van der Waals surface area contributed by atoms with Crippen molar-refractivity contribution in [3.63, 3.8) is 0 Å². The molecule has 15 nitrogen and oxygen atoms in total. The molecule has 646 valence electrons. The Morgan fingerprint density at radius 3 is 1.26 bits per heavy atom. The molecule has 0 saturated heterocycles. The van der Waals surface area contributed by atoms with Crippen molar-refractivity contribution < 1.29 is 66.8 Å². The van der Waals surface area contributed by atoms with Gasteiger partial charge in [-0.3, -0.25) is 9.59 Å². The van der Waals surface area contributed by atoms with E-state index in [0.29, 0.717) is 88.3 Å². The van der Waals surface area contributed by atoms with Gasteiger partial charge in [-0.25, -0.2) is 33.8 Å². The highest BCUT2D eigenvalue weighted by Gasteiger charge is 2.17. The van der Waals surface area contributed by atoms with Gasteiger partial charge in [0.05, 0.1) is 15.5 Å². The smallest absolute Gasteiger partial charge is 0.338 e. The Morgan fingerprint density at radius 1 is 0.382 bits per heavy atom. The van der Waals surface area contributed by atoms with Gasteiger partial charge >= 0.3 is 35.8 Å². The van der Waals surface area contributed by atoms with E-state index in [1.807, 2.05) is 220 Å². The van der Waals surface area contributed by atoms with Crippen LogP contribution >= 0.6 is 105 Å². The van der Waals surface area contributed by atoms with Gasteiger partial charge in [0.2, 0.25) is 10.2 Å². The third kappa shape index (κ3) is 47.3. The Balaban J connectivity index is 0.000000365. The molecule has 0 aliphatic heterocycles. The highest BCUT2D eigenvalue weighted by molar-refractivity contribution is 8.14. The lowest BCUT2D eigenvalue weighted by Gasteiger charge is -2.17. The summed E-state index contributed by atoms with van der Waals surface area (Å²) >= 11 is 14.1. The summed E-state index contributed by atoms with van der Waals surface area (Å²) in [7, 11) is 0. The average Bonchev–Trinajstić information content (AvgIpc) is 1.27. The van der Waals surface area contributed by atoms with E-state index in [0.717, 1.165) is 52.7 Å². The zero-order valence-corrected chi connectivity index (χ0v) is 79.0. The van der Waals surface area contributed by atoms with E-state index in [-0.39, 0.29) is 51.3 Å². The minimum atomic E-state index is -0.387. The maximum absolute atomic E-state index is 11.6. The number of para-hydroxylation sites is 1. The van der Waals surface area contributed by atoms with E-state index in [2.05, 4.69) is 87.9 Å². The molecule has 9 aromatic carbocycles. The number of carbonyl (C=O) groups excluding carboxylic acids is 8. The number of thioether (sulfide) groups is 8. The maximum Gasteiger partial charge on any atom is 0.338 e. The normalized spacial score (nSPS) is 10.1. The number of fused-ring (bicyclic) bond motifs is 1. The lowest BCUT2D eigenvalue weighted by atomic mass is 10.1. The Morgan fingerprint density at radius 2 is 0.797 bits per heavy atom. The fourth-order valence-electron chi connectivity index (χ4n) is 8.51.